The molecule has 1 aromatic carbocycles. The molecule has 0 bridgehead atoms. The van der Waals surface area contributed by atoms with E-state index in [4.69, 9.17) is 0 Å². The third-order valence-electron chi connectivity index (χ3n) is 5.99. The van der Waals surface area contributed by atoms with Crippen LogP contribution in [0.5, 0.6) is 0 Å². The van der Waals surface area contributed by atoms with E-state index in [9.17, 15) is 4.79 Å². The summed E-state index contributed by atoms with van der Waals surface area (Å²) < 4.78 is 2.11. The lowest BCUT2D eigenvalue weighted by atomic mass is 9.91. The minimum absolute atomic E-state index is 0.198. The molecule has 2 heterocycles. The van der Waals surface area contributed by atoms with Crippen LogP contribution < -0.4 is 0 Å². The van der Waals surface area contributed by atoms with E-state index >= 15 is 0 Å². The molecule has 0 spiro atoms. The number of nitrogens with one attached hydrogen (secondary N) is 1. The van der Waals surface area contributed by atoms with Gasteiger partial charge in [-0.3, -0.25) is 9.89 Å². The van der Waals surface area contributed by atoms with Gasteiger partial charge < -0.3 is 9.47 Å². The molecule has 3 aromatic rings. The van der Waals surface area contributed by atoms with Gasteiger partial charge in [0.05, 0.1) is 6.20 Å². The van der Waals surface area contributed by atoms with Crippen molar-refractivity contribution in [1.82, 2.24) is 19.7 Å². The minimum atomic E-state index is 0.198. The first kappa shape index (κ1) is 15.7. The normalized spacial score (nSPS) is 19.5. The fourth-order valence-corrected chi connectivity index (χ4v) is 4.61. The van der Waals surface area contributed by atoms with E-state index in [-0.39, 0.29) is 11.9 Å². The first-order chi connectivity index (χ1) is 12.6. The molecule has 5 rings (SSSR count). The van der Waals surface area contributed by atoms with Gasteiger partial charge in [-0.05, 0) is 62.3 Å². The number of H-pyrrole nitrogens is 1. The van der Waals surface area contributed by atoms with Crippen molar-refractivity contribution in [3.05, 3.63) is 53.0 Å². The quantitative estimate of drug-likeness (QED) is 0.789. The zero-order chi connectivity index (χ0) is 17.8. The first-order valence-electron chi connectivity index (χ1n) is 9.52. The van der Waals surface area contributed by atoms with E-state index in [0.29, 0.717) is 6.04 Å². The molecule has 1 fully saturated rings. The molecular formula is C21H24N4O. The maximum Gasteiger partial charge on any atom is 0.255 e. The van der Waals surface area contributed by atoms with Crippen LogP contribution >= 0.6 is 0 Å². The Kier molecular flexibility index (Phi) is 3.45. The van der Waals surface area contributed by atoms with Crippen LogP contribution in [-0.4, -0.2) is 37.7 Å². The van der Waals surface area contributed by atoms with Crippen LogP contribution in [-0.2, 0) is 19.9 Å². The number of hydrogen-bond donors (Lipinski definition) is 1. The molecule has 0 aliphatic heterocycles. The first-order valence-corrected chi connectivity index (χ1v) is 9.52. The average Bonchev–Trinajstić information content (AvgIpc) is 3.28. The number of aryl methyl sites for hydroxylation is 3. The van der Waals surface area contributed by atoms with Crippen LogP contribution in [0.4, 0.5) is 0 Å². The molecule has 0 saturated heterocycles. The van der Waals surface area contributed by atoms with E-state index in [1.54, 1.807) is 0 Å². The second-order valence-electron chi connectivity index (χ2n) is 7.84. The van der Waals surface area contributed by atoms with Crippen molar-refractivity contribution >= 4 is 16.8 Å². The standard InChI is InChI=1S/C21H24N4O/c1-13-12-24(2)19-5-3-4-17(20(13)19)21(26)25(15-6-7-15)16-8-9-18-14(10-16)11-22-23-18/h3-5,11-12,15-16H,6-10H2,1-2H3,(H,22,23). The molecule has 0 radical (unpaired) electrons. The van der Waals surface area contributed by atoms with E-state index in [2.05, 4.69) is 38.9 Å². The molecule has 1 N–H and O–H groups in total. The van der Waals surface area contributed by atoms with Crippen LogP contribution in [0.1, 0.15) is 46.4 Å². The predicted molar refractivity (Wildman–Crippen MR) is 101 cm³/mol. The van der Waals surface area contributed by atoms with Crippen molar-refractivity contribution in [2.45, 2.75) is 51.1 Å². The summed E-state index contributed by atoms with van der Waals surface area (Å²) in [6, 6.07) is 6.78. The molecule has 5 heteroatoms. The van der Waals surface area contributed by atoms with Gasteiger partial charge in [0.25, 0.3) is 5.91 Å². The summed E-state index contributed by atoms with van der Waals surface area (Å²) >= 11 is 0. The molecule has 1 atom stereocenters. The number of carbonyl (C=O) groups excluding carboxylic acids is 1. The number of carbonyl (C=O) groups is 1. The number of aromatic amines is 1. The van der Waals surface area contributed by atoms with Crippen LogP contribution in [0.15, 0.2) is 30.6 Å². The van der Waals surface area contributed by atoms with E-state index in [1.807, 2.05) is 25.4 Å². The van der Waals surface area contributed by atoms with Crippen molar-refractivity contribution in [3.63, 3.8) is 0 Å². The topological polar surface area (TPSA) is 53.9 Å². The number of nitrogens with zero attached hydrogens (tertiary/aromatic N) is 3. The smallest absolute Gasteiger partial charge is 0.255 e. The summed E-state index contributed by atoms with van der Waals surface area (Å²) in [6.07, 6.45) is 9.21. The number of fused-ring (bicyclic) bond motifs is 2. The number of hydrogen-bond acceptors (Lipinski definition) is 2. The summed E-state index contributed by atoms with van der Waals surface area (Å²) in [5.41, 5.74) is 5.66. The Morgan fingerprint density at radius 1 is 1.27 bits per heavy atom. The lowest BCUT2D eigenvalue weighted by Crippen LogP contribution is -2.44. The summed E-state index contributed by atoms with van der Waals surface area (Å²) in [5, 5.41) is 8.39. The average molecular weight is 348 g/mol. The molecule has 2 aromatic heterocycles. The highest BCUT2D eigenvalue weighted by molar-refractivity contribution is 6.08. The fourth-order valence-electron chi connectivity index (χ4n) is 4.61. The maximum absolute atomic E-state index is 13.6. The molecule has 5 nitrogen and oxygen atoms in total. The van der Waals surface area contributed by atoms with Gasteiger partial charge in [0.15, 0.2) is 0 Å². The molecule has 26 heavy (non-hydrogen) atoms. The molecule has 134 valence electrons. The monoisotopic (exact) mass is 348 g/mol. The second-order valence-corrected chi connectivity index (χ2v) is 7.84. The van der Waals surface area contributed by atoms with Crippen molar-refractivity contribution in [2.75, 3.05) is 0 Å². The van der Waals surface area contributed by atoms with Gasteiger partial charge in [-0.25, -0.2) is 0 Å². The summed E-state index contributed by atoms with van der Waals surface area (Å²) in [4.78, 5) is 15.8. The Morgan fingerprint density at radius 3 is 2.92 bits per heavy atom. The fraction of sp³-hybridized carbons (Fsp3) is 0.429. The highest BCUT2D eigenvalue weighted by Crippen LogP contribution is 2.36. The van der Waals surface area contributed by atoms with Crippen molar-refractivity contribution in [3.8, 4) is 0 Å². The Labute approximate surface area is 153 Å². The van der Waals surface area contributed by atoms with Crippen LogP contribution in [0.2, 0.25) is 0 Å². The molecule has 1 saturated carbocycles. The van der Waals surface area contributed by atoms with Gasteiger partial charge in [0.1, 0.15) is 0 Å². The SMILES string of the molecule is Cc1cn(C)c2cccc(C(=O)N(C3CC3)C3CCc4[nH]ncc4C3)c12. The van der Waals surface area contributed by atoms with E-state index < -0.39 is 0 Å². The van der Waals surface area contributed by atoms with E-state index in [1.165, 1.54) is 16.8 Å². The highest BCUT2D eigenvalue weighted by atomic mass is 16.2. The Morgan fingerprint density at radius 2 is 2.12 bits per heavy atom. The zero-order valence-corrected chi connectivity index (χ0v) is 15.3. The molecule has 1 unspecified atom stereocenters. The summed E-state index contributed by atoms with van der Waals surface area (Å²) in [6.45, 7) is 2.10. The van der Waals surface area contributed by atoms with Crippen molar-refractivity contribution < 1.29 is 4.79 Å². The zero-order valence-electron chi connectivity index (χ0n) is 15.3. The Hall–Kier alpha value is -2.56. The summed E-state index contributed by atoms with van der Waals surface area (Å²) in [7, 11) is 2.05. The van der Waals surface area contributed by atoms with Crippen LogP contribution in [0.3, 0.4) is 0 Å². The highest BCUT2D eigenvalue weighted by Gasteiger charge is 2.39. The number of rotatable bonds is 3. The minimum Gasteiger partial charge on any atom is -0.350 e. The number of amides is 1. The Balaban J connectivity index is 1.54. The third-order valence-corrected chi connectivity index (χ3v) is 5.99. The van der Waals surface area contributed by atoms with Gasteiger partial charge in [0, 0.05) is 47.5 Å². The molecule has 1 amide bonds. The van der Waals surface area contributed by atoms with Crippen LogP contribution in [0.25, 0.3) is 10.9 Å². The van der Waals surface area contributed by atoms with Gasteiger partial charge in [-0.1, -0.05) is 6.07 Å². The van der Waals surface area contributed by atoms with Crippen LogP contribution in [0, 0.1) is 6.92 Å². The summed E-state index contributed by atoms with van der Waals surface area (Å²) in [5.74, 6) is 0.198. The van der Waals surface area contributed by atoms with E-state index in [0.717, 1.165) is 48.6 Å². The number of benzene rings is 1. The maximum atomic E-state index is 13.6. The van der Waals surface area contributed by atoms with Crippen molar-refractivity contribution in [1.29, 1.82) is 0 Å². The third kappa shape index (κ3) is 2.37. The lowest BCUT2D eigenvalue weighted by molar-refractivity contribution is 0.0645. The Bertz CT molecular complexity index is 995. The molecular weight excluding hydrogens is 324 g/mol. The van der Waals surface area contributed by atoms with Gasteiger partial charge >= 0.3 is 0 Å². The lowest BCUT2D eigenvalue weighted by Gasteiger charge is -2.34. The molecule has 2 aliphatic rings. The largest absolute Gasteiger partial charge is 0.350 e. The molecule has 2 aliphatic carbocycles. The van der Waals surface area contributed by atoms with Gasteiger partial charge in [-0.15, -0.1) is 0 Å². The number of aromatic nitrogens is 3. The van der Waals surface area contributed by atoms with Gasteiger partial charge in [-0.2, -0.15) is 5.10 Å². The predicted octanol–water partition coefficient (Wildman–Crippen LogP) is 3.37. The van der Waals surface area contributed by atoms with Gasteiger partial charge in [0.2, 0.25) is 0 Å². The second kappa shape index (κ2) is 5.73. The van der Waals surface area contributed by atoms with Crippen molar-refractivity contribution in [2.24, 2.45) is 7.05 Å².